The monoisotopic (exact) mass is 295 g/mol. The van der Waals surface area contributed by atoms with Crippen LogP contribution in [0.25, 0.3) is 0 Å². The van der Waals surface area contributed by atoms with Crippen molar-refractivity contribution in [1.29, 1.82) is 0 Å². The van der Waals surface area contributed by atoms with Gasteiger partial charge >= 0.3 is 11.9 Å². The molecule has 1 aliphatic heterocycles. The number of aliphatic carboxylic acids is 1. The molecule has 0 bridgehead atoms. The Morgan fingerprint density at radius 2 is 2.10 bits per heavy atom. The smallest absolute Gasteiger partial charge is 0.422 e. The molecular formula is C14H17NO6. The summed E-state index contributed by atoms with van der Waals surface area (Å²) in [6, 6.07) is 6.48. The van der Waals surface area contributed by atoms with Crippen LogP contribution in [0.2, 0.25) is 0 Å². The predicted octanol–water partition coefficient (Wildman–Crippen LogP) is 0.182. The fraction of sp³-hybridized carbons (Fsp3) is 0.429. The van der Waals surface area contributed by atoms with Crippen LogP contribution in [0.4, 0.5) is 0 Å². The highest BCUT2D eigenvalue weighted by molar-refractivity contribution is 6.29. The van der Waals surface area contributed by atoms with Gasteiger partial charge < -0.3 is 24.6 Å². The number of esters is 1. The Kier molecular flexibility index (Phi) is 5.68. The van der Waals surface area contributed by atoms with E-state index in [1.54, 1.807) is 12.1 Å². The van der Waals surface area contributed by atoms with Gasteiger partial charge in [-0.05, 0) is 17.7 Å². The first-order valence-corrected chi connectivity index (χ1v) is 6.59. The second-order valence-corrected chi connectivity index (χ2v) is 4.55. The Balaban J connectivity index is 1.74. The van der Waals surface area contributed by atoms with E-state index in [4.69, 9.17) is 14.6 Å². The van der Waals surface area contributed by atoms with Gasteiger partial charge in [-0.2, -0.15) is 0 Å². The SMILES string of the molecule is O=C(O)C(=O)Oc1ccc(COCC2CNCCO2)cc1. The summed E-state index contributed by atoms with van der Waals surface area (Å²) in [6.07, 6.45) is 0.0644. The van der Waals surface area contributed by atoms with Crippen molar-refractivity contribution in [3.8, 4) is 5.75 Å². The fourth-order valence-corrected chi connectivity index (χ4v) is 1.84. The Hall–Kier alpha value is -1.96. The molecule has 0 radical (unpaired) electrons. The third kappa shape index (κ3) is 5.14. The lowest BCUT2D eigenvalue weighted by molar-refractivity contribution is -0.158. The largest absolute Gasteiger partial charge is 0.473 e. The average molecular weight is 295 g/mol. The Morgan fingerprint density at radius 1 is 1.33 bits per heavy atom. The Morgan fingerprint density at radius 3 is 2.71 bits per heavy atom. The number of hydrogen-bond donors (Lipinski definition) is 2. The second-order valence-electron chi connectivity index (χ2n) is 4.55. The minimum Gasteiger partial charge on any atom is -0.473 e. The molecule has 0 saturated carbocycles. The van der Waals surface area contributed by atoms with Gasteiger partial charge in [0, 0.05) is 13.1 Å². The number of nitrogens with one attached hydrogen (secondary N) is 1. The first-order valence-electron chi connectivity index (χ1n) is 6.59. The molecule has 1 saturated heterocycles. The highest BCUT2D eigenvalue weighted by Crippen LogP contribution is 2.13. The topological polar surface area (TPSA) is 94.1 Å². The van der Waals surface area contributed by atoms with E-state index in [2.05, 4.69) is 10.1 Å². The van der Waals surface area contributed by atoms with E-state index >= 15 is 0 Å². The van der Waals surface area contributed by atoms with Crippen LogP contribution in [0.3, 0.4) is 0 Å². The second kappa shape index (κ2) is 7.72. The van der Waals surface area contributed by atoms with E-state index in [1.165, 1.54) is 12.1 Å². The van der Waals surface area contributed by atoms with Crippen molar-refractivity contribution in [2.24, 2.45) is 0 Å². The summed E-state index contributed by atoms with van der Waals surface area (Å²) in [6.45, 7) is 3.25. The molecule has 0 aromatic heterocycles. The molecule has 2 rings (SSSR count). The highest BCUT2D eigenvalue weighted by atomic mass is 16.6. The molecule has 1 aliphatic rings. The number of rotatable bonds is 5. The van der Waals surface area contributed by atoms with Gasteiger partial charge in [-0.15, -0.1) is 0 Å². The van der Waals surface area contributed by atoms with Gasteiger partial charge in [0.05, 0.1) is 25.9 Å². The molecule has 1 atom stereocenters. The van der Waals surface area contributed by atoms with Crippen molar-refractivity contribution in [1.82, 2.24) is 5.32 Å². The molecule has 7 heteroatoms. The van der Waals surface area contributed by atoms with Crippen molar-refractivity contribution in [3.63, 3.8) is 0 Å². The predicted molar refractivity (Wildman–Crippen MR) is 72.0 cm³/mol. The number of carboxylic acid groups (broad SMARTS) is 1. The third-order valence-corrected chi connectivity index (χ3v) is 2.89. The van der Waals surface area contributed by atoms with Crippen LogP contribution in [0.1, 0.15) is 5.56 Å². The molecule has 0 amide bonds. The maximum absolute atomic E-state index is 10.9. The van der Waals surface area contributed by atoms with Gasteiger partial charge in [0.25, 0.3) is 0 Å². The van der Waals surface area contributed by atoms with Crippen LogP contribution in [-0.4, -0.2) is 49.5 Å². The number of carbonyl (C=O) groups is 2. The number of hydrogen-bond acceptors (Lipinski definition) is 6. The van der Waals surface area contributed by atoms with Gasteiger partial charge in [-0.25, -0.2) is 9.59 Å². The molecule has 1 aromatic rings. The van der Waals surface area contributed by atoms with Crippen molar-refractivity contribution in [2.75, 3.05) is 26.3 Å². The summed E-state index contributed by atoms with van der Waals surface area (Å²) in [5.74, 6) is -2.74. The zero-order chi connectivity index (χ0) is 15.1. The minimum absolute atomic E-state index is 0.0644. The molecule has 7 nitrogen and oxygen atoms in total. The molecule has 0 spiro atoms. The van der Waals surface area contributed by atoms with Crippen LogP contribution in [0.5, 0.6) is 5.75 Å². The molecule has 1 fully saturated rings. The first kappa shape index (κ1) is 15.4. The summed E-state index contributed by atoms with van der Waals surface area (Å²) in [7, 11) is 0. The maximum atomic E-state index is 10.9. The molecule has 2 N–H and O–H groups in total. The molecule has 1 heterocycles. The van der Waals surface area contributed by atoms with Crippen LogP contribution < -0.4 is 10.1 Å². The summed E-state index contributed by atoms with van der Waals surface area (Å²) in [4.78, 5) is 21.2. The quantitative estimate of drug-likeness (QED) is 0.454. The number of morpholine rings is 1. The summed E-state index contributed by atoms with van der Waals surface area (Å²) < 4.78 is 15.7. The molecule has 114 valence electrons. The Labute approximate surface area is 121 Å². The zero-order valence-electron chi connectivity index (χ0n) is 11.4. The lowest BCUT2D eigenvalue weighted by Crippen LogP contribution is -2.40. The molecule has 21 heavy (non-hydrogen) atoms. The van der Waals surface area contributed by atoms with Gasteiger partial charge in [0.2, 0.25) is 0 Å². The molecular weight excluding hydrogens is 278 g/mol. The number of carboxylic acids is 1. The molecule has 1 aromatic carbocycles. The van der Waals surface area contributed by atoms with E-state index in [0.717, 1.165) is 18.7 Å². The van der Waals surface area contributed by atoms with Crippen molar-refractivity contribution < 1.29 is 28.9 Å². The number of benzene rings is 1. The van der Waals surface area contributed by atoms with Gasteiger partial charge in [-0.3, -0.25) is 0 Å². The Bertz CT molecular complexity index is 481. The molecule has 1 unspecified atom stereocenters. The summed E-state index contributed by atoms with van der Waals surface area (Å²) in [5.41, 5.74) is 0.897. The van der Waals surface area contributed by atoms with E-state index in [0.29, 0.717) is 19.8 Å². The van der Waals surface area contributed by atoms with Crippen LogP contribution >= 0.6 is 0 Å². The van der Waals surface area contributed by atoms with Gasteiger partial charge in [0.15, 0.2) is 0 Å². The van der Waals surface area contributed by atoms with Crippen LogP contribution in [-0.2, 0) is 25.7 Å². The van der Waals surface area contributed by atoms with E-state index in [9.17, 15) is 9.59 Å². The fourth-order valence-electron chi connectivity index (χ4n) is 1.84. The van der Waals surface area contributed by atoms with E-state index in [1.807, 2.05) is 0 Å². The normalized spacial score (nSPS) is 18.2. The highest BCUT2D eigenvalue weighted by Gasteiger charge is 2.14. The lowest BCUT2D eigenvalue weighted by atomic mass is 10.2. The number of carbonyl (C=O) groups excluding carboxylic acids is 1. The van der Waals surface area contributed by atoms with Gasteiger partial charge in [-0.1, -0.05) is 12.1 Å². The third-order valence-electron chi connectivity index (χ3n) is 2.89. The summed E-state index contributed by atoms with van der Waals surface area (Å²) >= 11 is 0. The molecule has 0 aliphatic carbocycles. The first-order chi connectivity index (χ1) is 10.1. The maximum Gasteiger partial charge on any atom is 0.422 e. The van der Waals surface area contributed by atoms with E-state index < -0.39 is 11.9 Å². The summed E-state index contributed by atoms with van der Waals surface area (Å²) in [5, 5.41) is 11.6. The zero-order valence-corrected chi connectivity index (χ0v) is 11.4. The van der Waals surface area contributed by atoms with Crippen LogP contribution in [0.15, 0.2) is 24.3 Å². The van der Waals surface area contributed by atoms with Crippen molar-refractivity contribution in [2.45, 2.75) is 12.7 Å². The van der Waals surface area contributed by atoms with E-state index in [-0.39, 0.29) is 11.9 Å². The minimum atomic E-state index is -1.62. The van der Waals surface area contributed by atoms with Gasteiger partial charge in [0.1, 0.15) is 5.75 Å². The lowest BCUT2D eigenvalue weighted by Gasteiger charge is -2.23. The van der Waals surface area contributed by atoms with Crippen LogP contribution in [0, 0.1) is 0 Å². The standard InChI is InChI=1S/C14H17NO6/c16-13(17)14(18)21-11-3-1-10(2-4-11)8-19-9-12-7-15-5-6-20-12/h1-4,12,15H,5-9H2,(H,16,17). The average Bonchev–Trinajstić information content (AvgIpc) is 2.50. The van der Waals surface area contributed by atoms with Crippen molar-refractivity contribution in [3.05, 3.63) is 29.8 Å². The van der Waals surface area contributed by atoms with Crippen molar-refractivity contribution >= 4 is 11.9 Å². The number of ether oxygens (including phenoxy) is 3.